The number of para-hydroxylation sites is 1. The lowest BCUT2D eigenvalue weighted by Crippen LogP contribution is -2.35. The van der Waals surface area contributed by atoms with Crippen LogP contribution in [0, 0.1) is 0 Å². The van der Waals surface area contributed by atoms with E-state index < -0.39 is 10.0 Å². The average molecular weight is 435 g/mol. The zero-order valence-electron chi connectivity index (χ0n) is 17.3. The van der Waals surface area contributed by atoms with Crippen LogP contribution >= 0.6 is 0 Å². The van der Waals surface area contributed by atoms with Gasteiger partial charge in [-0.2, -0.15) is 4.31 Å². The van der Waals surface area contributed by atoms with Gasteiger partial charge >= 0.3 is 0 Å². The van der Waals surface area contributed by atoms with E-state index >= 15 is 0 Å². The average Bonchev–Trinajstić information content (AvgIpc) is 2.81. The number of hydrogen-bond donors (Lipinski definition) is 1. The largest absolute Gasteiger partial charge is 0.322 e. The van der Waals surface area contributed by atoms with E-state index in [-0.39, 0.29) is 10.8 Å². The van der Waals surface area contributed by atoms with Gasteiger partial charge in [0.2, 0.25) is 10.0 Å². The van der Waals surface area contributed by atoms with Crippen molar-refractivity contribution in [2.45, 2.75) is 30.6 Å². The van der Waals surface area contributed by atoms with Gasteiger partial charge in [-0.1, -0.05) is 61.0 Å². The molecule has 6 heteroatoms. The number of sulfonamides is 1. The van der Waals surface area contributed by atoms with Gasteiger partial charge in [0.25, 0.3) is 5.91 Å². The minimum Gasteiger partial charge on any atom is -0.322 e. The Bertz CT molecular complexity index is 1150. The molecule has 1 aliphatic rings. The van der Waals surface area contributed by atoms with Gasteiger partial charge < -0.3 is 5.32 Å². The zero-order chi connectivity index (χ0) is 21.7. The molecular weight excluding hydrogens is 408 g/mol. The SMILES string of the molecule is O=C(Nc1ccccc1Cc1ccccc1)c1cccc(S(=O)(=O)N2CCCCC2)c1. The topological polar surface area (TPSA) is 66.5 Å². The zero-order valence-corrected chi connectivity index (χ0v) is 18.1. The molecule has 31 heavy (non-hydrogen) atoms. The molecule has 1 amide bonds. The lowest BCUT2D eigenvalue weighted by atomic mass is 10.0. The molecule has 0 saturated carbocycles. The molecule has 4 rings (SSSR count). The first-order valence-electron chi connectivity index (χ1n) is 10.6. The van der Waals surface area contributed by atoms with Crippen LogP contribution in [0.3, 0.4) is 0 Å². The Morgan fingerprint density at radius 1 is 0.839 bits per heavy atom. The van der Waals surface area contributed by atoms with E-state index in [1.807, 2.05) is 54.6 Å². The minimum absolute atomic E-state index is 0.166. The van der Waals surface area contributed by atoms with Crippen molar-refractivity contribution in [2.24, 2.45) is 0 Å². The molecule has 1 saturated heterocycles. The summed E-state index contributed by atoms with van der Waals surface area (Å²) in [7, 11) is -3.59. The minimum atomic E-state index is -3.59. The van der Waals surface area contributed by atoms with Gasteiger partial charge in [0, 0.05) is 24.3 Å². The second-order valence-corrected chi connectivity index (χ2v) is 9.70. The molecule has 1 N–H and O–H groups in total. The molecule has 0 aromatic heterocycles. The summed E-state index contributed by atoms with van der Waals surface area (Å²) < 4.78 is 27.5. The van der Waals surface area contributed by atoms with Crippen molar-refractivity contribution in [1.82, 2.24) is 4.31 Å². The number of benzene rings is 3. The Kier molecular flexibility index (Phi) is 6.49. The maximum atomic E-state index is 13.0. The lowest BCUT2D eigenvalue weighted by Gasteiger charge is -2.26. The molecule has 1 fully saturated rings. The van der Waals surface area contributed by atoms with Crippen LogP contribution in [-0.4, -0.2) is 31.7 Å². The number of anilines is 1. The molecule has 0 radical (unpaired) electrons. The lowest BCUT2D eigenvalue weighted by molar-refractivity contribution is 0.102. The third-order valence-corrected chi connectivity index (χ3v) is 7.45. The van der Waals surface area contributed by atoms with E-state index in [4.69, 9.17) is 0 Å². The number of piperidine rings is 1. The molecular formula is C25H26N2O3S. The predicted molar refractivity (Wildman–Crippen MR) is 123 cm³/mol. The van der Waals surface area contributed by atoms with E-state index in [0.717, 1.165) is 36.1 Å². The fourth-order valence-corrected chi connectivity index (χ4v) is 5.42. The summed E-state index contributed by atoms with van der Waals surface area (Å²) in [6.45, 7) is 1.07. The van der Waals surface area contributed by atoms with E-state index in [1.54, 1.807) is 18.2 Å². The maximum Gasteiger partial charge on any atom is 0.255 e. The molecule has 0 aliphatic carbocycles. The van der Waals surface area contributed by atoms with Crippen molar-refractivity contribution in [2.75, 3.05) is 18.4 Å². The highest BCUT2D eigenvalue weighted by Gasteiger charge is 2.26. The van der Waals surface area contributed by atoms with Crippen LogP contribution in [0.5, 0.6) is 0 Å². The number of carbonyl (C=O) groups excluding carboxylic acids is 1. The molecule has 0 unspecified atom stereocenters. The van der Waals surface area contributed by atoms with Gasteiger partial charge in [-0.15, -0.1) is 0 Å². The van der Waals surface area contributed by atoms with Crippen molar-refractivity contribution in [3.05, 3.63) is 95.6 Å². The predicted octanol–water partition coefficient (Wildman–Crippen LogP) is 4.70. The van der Waals surface area contributed by atoms with E-state index in [0.29, 0.717) is 25.1 Å². The number of nitrogens with zero attached hydrogens (tertiary/aromatic N) is 1. The second-order valence-electron chi connectivity index (χ2n) is 7.77. The molecule has 160 valence electrons. The fraction of sp³-hybridized carbons (Fsp3) is 0.240. The fourth-order valence-electron chi connectivity index (χ4n) is 3.86. The van der Waals surface area contributed by atoms with Gasteiger partial charge in [0.1, 0.15) is 0 Å². The normalized spacial score (nSPS) is 14.8. The van der Waals surface area contributed by atoms with Crippen molar-refractivity contribution in [1.29, 1.82) is 0 Å². The standard InChI is InChI=1S/C25H26N2O3S/c28-25(26-24-15-6-5-12-21(24)18-20-10-3-1-4-11-20)22-13-9-14-23(19-22)31(29,30)27-16-7-2-8-17-27/h1,3-6,9-15,19H,2,7-8,16-18H2,(H,26,28). The van der Waals surface area contributed by atoms with Crippen LogP contribution in [0.4, 0.5) is 5.69 Å². The van der Waals surface area contributed by atoms with Crippen LogP contribution in [0.25, 0.3) is 0 Å². The Hall–Kier alpha value is -2.96. The van der Waals surface area contributed by atoms with Gasteiger partial charge in [0.15, 0.2) is 0 Å². The van der Waals surface area contributed by atoms with Gasteiger partial charge in [-0.3, -0.25) is 4.79 Å². The third-order valence-electron chi connectivity index (χ3n) is 5.55. The van der Waals surface area contributed by atoms with Crippen molar-refractivity contribution in [3.8, 4) is 0 Å². The first-order chi connectivity index (χ1) is 15.0. The summed E-state index contributed by atoms with van der Waals surface area (Å²) in [5.74, 6) is -0.323. The van der Waals surface area contributed by atoms with Crippen molar-refractivity contribution in [3.63, 3.8) is 0 Å². The number of amides is 1. The molecule has 1 heterocycles. The summed E-state index contributed by atoms with van der Waals surface area (Å²) in [4.78, 5) is 13.1. The number of hydrogen-bond acceptors (Lipinski definition) is 3. The molecule has 0 bridgehead atoms. The molecule has 5 nitrogen and oxygen atoms in total. The Morgan fingerprint density at radius 3 is 2.32 bits per heavy atom. The summed E-state index contributed by atoms with van der Waals surface area (Å²) in [6, 6.07) is 24.0. The monoisotopic (exact) mass is 434 g/mol. The van der Waals surface area contributed by atoms with E-state index in [9.17, 15) is 13.2 Å². The number of rotatable bonds is 6. The highest BCUT2D eigenvalue weighted by atomic mass is 32.2. The van der Waals surface area contributed by atoms with Crippen LogP contribution in [0.2, 0.25) is 0 Å². The van der Waals surface area contributed by atoms with Crippen LogP contribution in [-0.2, 0) is 16.4 Å². The van der Waals surface area contributed by atoms with E-state index in [1.165, 1.54) is 10.4 Å². The Balaban J connectivity index is 1.54. The van der Waals surface area contributed by atoms with Crippen molar-refractivity contribution < 1.29 is 13.2 Å². The quantitative estimate of drug-likeness (QED) is 0.611. The Labute approximate surface area is 183 Å². The summed E-state index contributed by atoms with van der Waals surface area (Å²) in [5.41, 5.74) is 3.20. The second kappa shape index (κ2) is 9.45. The van der Waals surface area contributed by atoms with Crippen LogP contribution in [0.1, 0.15) is 40.7 Å². The van der Waals surface area contributed by atoms with Crippen LogP contribution in [0.15, 0.2) is 83.8 Å². The summed E-state index contributed by atoms with van der Waals surface area (Å²) in [5, 5.41) is 2.96. The maximum absolute atomic E-state index is 13.0. The van der Waals surface area contributed by atoms with Gasteiger partial charge in [0.05, 0.1) is 4.90 Å². The van der Waals surface area contributed by atoms with Crippen molar-refractivity contribution >= 4 is 21.6 Å². The summed E-state index contributed by atoms with van der Waals surface area (Å²) >= 11 is 0. The smallest absolute Gasteiger partial charge is 0.255 e. The highest BCUT2D eigenvalue weighted by Crippen LogP contribution is 2.23. The van der Waals surface area contributed by atoms with Crippen LogP contribution < -0.4 is 5.32 Å². The Morgan fingerprint density at radius 2 is 1.55 bits per heavy atom. The molecule has 0 atom stereocenters. The molecule has 3 aromatic rings. The highest BCUT2D eigenvalue weighted by molar-refractivity contribution is 7.89. The number of nitrogens with one attached hydrogen (secondary N) is 1. The summed E-state index contributed by atoms with van der Waals surface area (Å²) in [6.07, 6.45) is 3.49. The van der Waals surface area contributed by atoms with E-state index in [2.05, 4.69) is 5.32 Å². The molecule has 1 aliphatic heterocycles. The van der Waals surface area contributed by atoms with Gasteiger partial charge in [-0.05, 0) is 54.7 Å². The molecule has 0 spiro atoms. The molecule has 3 aromatic carbocycles. The third kappa shape index (κ3) is 5.03. The first kappa shape index (κ1) is 21.3. The number of carbonyl (C=O) groups is 1. The first-order valence-corrected chi connectivity index (χ1v) is 12.0. The van der Waals surface area contributed by atoms with Gasteiger partial charge in [-0.25, -0.2) is 8.42 Å².